The van der Waals surface area contributed by atoms with Gasteiger partial charge in [-0.25, -0.2) is 0 Å². The van der Waals surface area contributed by atoms with Crippen molar-refractivity contribution < 1.29 is 0 Å². The van der Waals surface area contributed by atoms with E-state index < -0.39 is 0 Å². The highest BCUT2D eigenvalue weighted by Crippen LogP contribution is 2.22. The summed E-state index contributed by atoms with van der Waals surface area (Å²) >= 11 is 0. The van der Waals surface area contributed by atoms with Gasteiger partial charge in [0, 0.05) is 25.4 Å². The first-order valence-electron chi connectivity index (χ1n) is 7.59. The number of rotatable bonds is 4. The van der Waals surface area contributed by atoms with Crippen molar-refractivity contribution >= 4 is 12.2 Å². The third kappa shape index (κ3) is 4.18. The van der Waals surface area contributed by atoms with Gasteiger partial charge in [-0.2, -0.15) is 0 Å². The summed E-state index contributed by atoms with van der Waals surface area (Å²) in [5.74, 6) is 0. The van der Waals surface area contributed by atoms with Crippen LogP contribution in [0.1, 0.15) is 37.5 Å². The summed E-state index contributed by atoms with van der Waals surface area (Å²) in [6, 6.07) is 12.1. The van der Waals surface area contributed by atoms with Crippen molar-refractivity contribution in [2.75, 3.05) is 6.54 Å². The number of nitrogens with two attached hydrogens (primary N) is 1. The average molecular weight is 296 g/mol. The van der Waals surface area contributed by atoms with Crippen LogP contribution in [0.3, 0.4) is 0 Å². The Morgan fingerprint density at radius 1 is 1.05 bits per heavy atom. The molecular weight excluding hydrogens is 272 g/mol. The lowest BCUT2D eigenvalue weighted by atomic mass is 9.87. The smallest absolute Gasteiger partial charge is 0.251 e. The summed E-state index contributed by atoms with van der Waals surface area (Å²) in [5.41, 5.74) is 8.95. The highest BCUT2D eigenvalue weighted by molar-refractivity contribution is 5.69. The van der Waals surface area contributed by atoms with Crippen molar-refractivity contribution in [1.29, 1.82) is 0 Å². The van der Waals surface area contributed by atoms with Crippen LogP contribution >= 0.6 is 0 Å². The fourth-order valence-corrected chi connectivity index (χ4v) is 2.24. The van der Waals surface area contributed by atoms with Crippen LogP contribution in [0, 0.1) is 0 Å². The zero-order valence-corrected chi connectivity index (χ0v) is 13.5. The van der Waals surface area contributed by atoms with Crippen molar-refractivity contribution in [1.82, 2.24) is 4.57 Å². The normalized spacial score (nSPS) is 12.0. The van der Waals surface area contributed by atoms with E-state index in [4.69, 9.17) is 5.73 Å². The Morgan fingerprint density at radius 2 is 1.68 bits per heavy atom. The molecule has 0 saturated carbocycles. The molecule has 0 saturated heterocycles. The molecule has 2 rings (SSSR count). The Hall–Kier alpha value is -2.13. The molecule has 2 N–H and O–H groups in total. The van der Waals surface area contributed by atoms with Gasteiger partial charge in [0.1, 0.15) is 0 Å². The van der Waals surface area contributed by atoms with Gasteiger partial charge in [0.05, 0.1) is 0 Å². The van der Waals surface area contributed by atoms with Gasteiger partial charge in [0.25, 0.3) is 5.56 Å². The van der Waals surface area contributed by atoms with E-state index in [0.29, 0.717) is 13.1 Å². The van der Waals surface area contributed by atoms with Gasteiger partial charge >= 0.3 is 0 Å². The van der Waals surface area contributed by atoms with Gasteiger partial charge in [-0.1, -0.05) is 57.2 Å². The van der Waals surface area contributed by atoms with Crippen molar-refractivity contribution in [3.8, 4) is 0 Å². The zero-order chi connectivity index (χ0) is 16.2. The van der Waals surface area contributed by atoms with Gasteiger partial charge in [-0.15, -0.1) is 0 Å². The number of benzene rings is 1. The van der Waals surface area contributed by atoms with Gasteiger partial charge < -0.3 is 10.3 Å². The number of hydrogen-bond acceptors (Lipinski definition) is 2. The Labute approximate surface area is 132 Å². The summed E-state index contributed by atoms with van der Waals surface area (Å²) in [6.07, 6.45) is 5.77. The molecule has 1 aromatic heterocycles. The van der Waals surface area contributed by atoms with E-state index in [1.165, 1.54) is 5.56 Å². The molecule has 0 aliphatic carbocycles. The van der Waals surface area contributed by atoms with Crippen LogP contribution in [0.2, 0.25) is 0 Å². The summed E-state index contributed by atoms with van der Waals surface area (Å²) < 4.78 is 1.62. The molecule has 0 fully saturated rings. The minimum Gasteiger partial charge on any atom is -0.329 e. The fraction of sp³-hybridized carbons (Fsp3) is 0.316. The highest BCUT2D eigenvalue weighted by Gasteiger charge is 2.12. The fourth-order valence-electron chi connectivity index (χ4n) is 2.24. The minimum atomic E-state index is -0.0179. The van der Waals surface area contributed by atoms with Crippen LogP contribution in [-0.4, -0.2) is 11.1 Å². The van der Waals surface area contributed by atoms with Crippen molar-refractivity contribution in [3.05, 3.63) is 69.6 Å². The molecule has 22 heavy (non-hydrogen) atoms. The molecule has 0 aliphatic rings. The predicted octanol–water partition coefficient (Wildman–Crippen LogP) is 3.27. The molecule has 0 spiro atoms. The molecule has 0 aliphatic heterocycles. The van der Waals surface area contributed by atoms with E-state index >= 15 is 0 Å². The van der Waals surface area contributed by atoms with Crippen LogP contribution in [0.5, 0.6) is 0 Å². The molecule has 2 aromatic rings. The quantitative estimate of drug-likeness (QED) is 0.941. The Bertz CT molecular complexity index is 703. The maximum absolute atomic E-state index is 11.9. The molecule has 1 aromatic carbocycles. The van der Waals surface area contributed by atoms with Crippen LogP contribution in [0.25, 0.3) is 12.2 Å². The SMILES string of the molecule is CC(C)(C)c1ccc(/C=C/c2ccn(CCN)c(=O)c2)cc1. The monoisotopic (exact) mass is 296 g/mol. The third-order valence-electron chi connectivity index (χ3n) is 3.64. The maximum Gasteiger partial charge on any atom is 0.251 e. The topological polar surface area (TPSA) is 48.0 Å². The molecule has 0 atom stereocenters. The van der Waals surface area contributed by atoms with E-state index in [1.807, 2.05) is 18.2 Å². The second-order valence-corrected chi connectivity index (χ2v) is 6.49. The molecule has 0 amide bonds. The first-order valence-corrected chi connectivity index (χ1v) is 7.59. The average Bonchev–Trinajstić information content (AvgIpc) is 2.47. The molecule has 1 heterocycles. The molecule has 0 unspecified atom stereocenters. The highest BCUT2D eigenvalue weighted by atomic mass is 16.1. The van der Waals surface area contributed by atoms with Gasteiger partial charge in [0.15, 0.2) is 0 Å². The van der Waals surface area contributed by atoms with E-state index in [0.717, 1.165) is 11.1 Å². The van der Waals surface area contributed by atoms with Gasteiger partial charge in [-0.05, 0) is 28.2 Å². The van der Waals surface area contributed by atoms with Crippen LogP contribution in [0.4, 0.5) is 0 Å². The molecule has 0 bridgehead atoms. The minimum absolute atomic E-state index is 0.0179. The number of pyridine rings is 1. The molecule has 3 heteroatoms. The van der Waals surface area contributed by atoms with E-state index in [9.17, 15) is 4.79 Å². The van der Waals surface area contributed by atoms with Gasteiger partial charge in [-0.3, -0.25) is 4.79 Å². The number of nitrogens with zero attached hydrogens (tertiary/aromatic N) is 1. The molecule has 3 nitrogen and oxygen atoms in total. The third-order valence-corrected chi connectivity index (χ3v) is 3.64. The van der Waals surface area contributed by atoms with Crippen molar-refractivity contribution in [2.24, 2.45) is 5.73 Å². The zero-order valence-electron chi connectivity index (χ0n) is 13.5. The van der Waals surface area contributed by atoms with Crippen LogP contribution in [0.15, 0.2) is 47.4 Å². The summed E-state index contributed by atoms with van der Waals surface area (Å²) in [4.78, 5) is 11.9. The molecule has 0 radical (unpaired) electrons. The second-order valence-electron chi connectivity index (χ2n) is 6.49. The van der Waals surface area contributed by atoms with Crippen molar-refractivity contribution in [2.45, 2.75) is 32.7 Å². The lowest BCUT2D eigenvalue weighted by Gasteiger charge is -2.18. The number of aromatic nitrogens is 1. The van der Waals surface area contributed by atoms with E-state index in [-0.39, 0.29) is 11.0 Å². The predicted molar refractivity (Wildman–Crippen MR) is 93.8 cm³/mol. The first-order chi connectivity index (χ1) is 10.4. The van der Waals surface area contributed by atoms with Crippen molar-refractivity contribution in [3.63, 3.8) is 0 Å². The van der Waals surface area contributed by atoms with Gasteiger partial charge in [0.2, 0.25) is 0 Å². The molecule has 116 valence electrons. The second kappa shape index (κ2) is 6.75. The van der Waals surface area contributed by atoms with Crippen LogP contribution < -0.4 is 11.3 Å². The van der Waals surface area contributed by atoms with E-state index in [1.54, 1.807) is 16.8 Å². The standard InChI is InChI=1S/C19H24N2O/c1-19(2,3)17-8-6-15(7-9-17)4-5-16-10-12-21(13-11-20)18(22)14-16/h4-10,12,14H,11,13,20H2,1-3H3/b5-4+. The Balaban J connectivity index is 2.15. The Kier molecular flexibility index (Phi) is 4.99. The summed E-state index contributed by atoms with van der Waals surface area (Å²) in [6.45, 7) is 7.63. The molecular formula is C19H24N2O. The lowest BCUT2D eigenvalue weighted by Crippen LogP contribution is -2.22. The number of hydrogen-bond donors (Lipinski definition) is 1. The van der Waals surface area contributed by atoms with Crippen LogP contribution in [-0.2, 0) is 12.0 Å². The summed E-state index contributed by atoms with van der Waals surface area (Å²) in [7, 11) is 0. The van der Waals surface area contributed by atoms with E-state index in [2.05, 4.69) is 45.0 Å². The first kappa shape index (κ1) is 16.2. The lowest BCUT2D eigenvalue weighted by molar-refractivity contribution is 0.590. The summed E-state index contributed by atoms with van der Waals surface area (Å²) in [5, 5.41) is 0. The largest absolute Gasteiger partial charge is 0.329 e. The Morgan fingerprint density at radius 3 is 2.23 bits per heavy atom. The maximum atomic E-state index is 11.9.